The summed E-state index contributed by atoms with van der Waals surface area (Å²) in [5.41, 5.74) is -0.568. The molecule has 9 heteroatoms. The van der Waals surface area contributed by atoms with E-state index in [2.05, 4.69) is 11.9 Å². The molecule has 7 nitrogen and oxygen atoms in total. The third kappa shape index (κ3) is 4.62. The lowest BCUT2D eigenvalue weighted by Gasteiger charge is -2.15. The average Bonchev–Trinajstić information content (AvgIpc) is 2.52. The van der Waals surface area contributed by atoms with Gasteiger partial charge in [-0.2, -0.15) is 0 Å². The normalized spacial score (nSPS) is 12.5. The van der Waals surface area contributed by atoms with Gasteiger partial charge >= 0.3 is 5.97 Å². The summed E-state index contributed by atoms with van der Waals surface area (Å²) in [4.78, 5) is 23.4. The predicted molar refractivity (Wildman–Crippen MR) is 85.4 cm³/mol. The molecule has 0 aromatic heterocycles. The van der Waals surface area contributed by atoms with E-state index >= 15 is 0 Å². The first-order valence-electron chi connectivity index (χ1n) is 6.93. The molecule has 1 N–H and O–H groups in total. The van der Waals surface area contributed by atoms with E-state index in [0.717, 1.165) is 22.5 Å². The number of sulfonamides is 1. The first-order valence-corrected chi connectivity index (χ1v) is 8.37. The minimum absolute atomic E-state index is 0.186. The summed E-state index contributed by atoms with van der Waals surface area (Å²) in [6.07, 6.45) is 0.271. The molecule has 1 aromatic rings. The third-order valence-corrected chi connectivity index (χ3v) is 4.82. The Kier molecular flexibility index (Phi) is 6.61. The summed E-state index contributed by atoms with van der Waals surface area (Å²) in [5.74, 6) is -2.67. The van der Waals surface area contributed by atoms with Gasteiger partial charge in [0.2, 0.25) is 10.0 Å². The summed E-state index contributed by atoms with van der Waals surface area (Å²) in [5, 5.41) is 2.42. The monoisotopic (exact) mass is 358 g/mol. The second kappa shape index (κ2) is 8.02. The molecule has 1 atom stereocenters. The summed E-state index contributed by atoms with van der Waals surface area (Å²) < 4.78 is 43.7. The number of ether oxygens (including phenoxy) is 1. The van der Waals surface area contributed by atoms with Crippen LogP contribution in [0.4, 0.5) is 4.39 Å². The van der Waals surface area contributed by atoms with Gasteiger partial charge in [-0.25, -0.2) is 21.9 Å². The van der Waals surface area contributed by atoms with Gasteiger partial charge in [-0.15, -0.1) is 6.58 Å². The van der Waals surface area contributed by atoms with E-state index in [1.807, 2.05) is 0 Å². The van der Waals surface area contributed by atoms with Crippen LogP contribution < -0.4 is 5.32 Å². The zero-order valence-electron chi connectivity index (χ0n) is 13.6. The molecule has 0 aliphatic rings. The maximum atomic E-state index is 13.8. The average molecular weight is 358 g/mol. The second-order valence-corrected chi connectivity index (χ2v) is 7.16. The molecule has 0 spiro atoms. The largest absolute Gasteiger partial charge is 0.449 e. The van der Waals surface area contributed by atoms with Gasteiger partial charge in [-0.1, -0.05) is 6.08 Å². The lowest BCUT2D eigenvalue weighted by Crippen LogP contribution is -2.36. The van der Waals surface area contributed by atoms with Crippen molar-refractivity contribution in [3.05, 3.63) is 42.2 Å². The number of amides is 1. The molecule has 0 saturated carbocycles. The Hall–Kier alpha value is -2.26. The highest BCUT2D eigenvalue weighted by atomic mass is 32.2. The highest BCUT2D eigenvalue weighted by Gasteiger charge is 2.24. The summed E-state index contributed by atoms with van der Waals surface area (Å²) in [6, 6.07) is 2.78. The van der Waals surface area contributed by atoms with Crippen LogP contribution in [-0.2, 0) is 19.6 Å². The van der Waals surface area contributed by atoms with E-state index in [1.54, 1.807) is 0 Å². The third-order valence-electron chi connectivity index (χ3n) is 3.01. The molecule has 0 fully saturated rings. The van der Waals surface area contributed by atoms with Gasteiger partial charge in [-0.05, 0) is 25.1 Å². The van der Waals surface area contributed by atoms with Gasteiger partial charge in [0, 0.05) is 20.6 Å². The van der Waals surface area contributed by atoms with E-state index in [-0.39, 0.29) is 11.4 Å². The number of rotatable bonds is 7. The fourth-order valence-corrected chi connectivity index (χ4v) is 2.55. The van der Waals surface area contributed by atoms with Crippen LogP contribution in [0.2, 0.25) is 0 Å². The van der Waals surface area contributed by atoms with Crippen LogP contribution >= 0.6 is 0 Å². The van der Waals surface area contributed by atoms with Crippen LogP contribution in [0.5, 0.6) is 0 Å². The fourth-order valence-electron chi connectivity index (χ4n) is 1.63. The van der Waals surface area contributed by atoms with Crippen molar-refractivity contribution in [2.24, 2.45) is 0 Å². The number of halogens is 1. The van der Waals surface area contributed by atoms with Gasteiger partial charge < -0.3 is 10.1 Å². The fraction of sp³-hybridized carbons (Fsp3) is 0.333. The molecule has 24 heavy (non-hydrogen) atoms. The van der Waals surface area contributed by atoms with E-state index < -0.39 is 39.4 Å². The number of nitrogens with zero attached hydrogens (tertiary/aromatic N) is 1. The molecule has 1 rings (SSSR count). The molecular weight excluding hydrogens is 339 g/mol. The van der Waals surface area contributed by atoms with E-state index in [1.165, 1.54) is 27.1 Å². The molecule has 0 saturated heterocycles. The maximum Gasteiger partial charge on any atom is 0.341 e. The minimum atomic E-state index is -3.84. The van der Waals surface area contributed by atoms with Gasteiger partial charge in [-0.3, -0.25) is 4.79 Å². The van der Waals surface area contributed by atoms with Crippen LogP contribution in [0.15, 0.2) is 35.7 Å². The Bertz CT molecular complexity index is 746. The molecular formula is C15H19FN2O5S. The van der Waals surface area contributed by atoms with Gasteiger partial charge in [0.05, 0.1) is 10.5 Å². The topological polar surface area (TPSA) is 92.8 Å². The quantitative estimate of drug-likeness (QED) is 0.578. The molecule has 132 valence electrons. The highest BCUT2D eigenvalue weighted by Crippen LogP contribution is 2.19. The second-order valence-electron chi connectivity index (χ2n) is 5.01. The zero-order valence-corrected chi connectivity index (χ0v) is 14.4. The molecule has 1 aromatic carbocycles. The molecule has 0 unspecified atom stereocenters. The first kappa shape index (κ1) is 19.8. The van der Waals surface area contributed by atoms with Crippen LogP contribution in [0, 0.1) is 5.82 Å². The maximum absolute atomic E-state index is 13.8. The minimum Gasteiger partial charge on any atom is -0.449 e. The Morgan fingerprint density at radius 1 is 1.42 bits per heavy atom. The molecule has 0 aliphatic carbocycles. The Labute approximate surface area is 140 Å². The van der Waals surface area contributed by atoms with Crippen LogP contribution in [-0.4, -0.2) is 51.3 Å². The van der Waals surface area contributed by atoms with Crippen molar-refractivity contribution >= 4 is 21.9 Å². The predicted octanol–water partition coefficient (Wildman–Crippen LogP) is 0.924. The van der Waals surface area contributed by atoms with Crippen LogP contribution in [0.25, 0.3) is 0 Å². The Balaban J connectivity index is 3.03. The SMILES string of the molecule is C=CCNC(=O)[C@H](C)OC(=O)c1cc(S(=O)(=O)N(C)C)ccc1F. The van der Waals surface area contributed by atoms with Crippen molar-refractivity contribution in [3.63, 3.8) is 0 Å². The van der Waals surface area contributed by atoms with Crippen molar-refractivity contribution in [3.8, 4) is 0 Å². The van der Waals surface area contributed by atoms with Gasteiger partial charge in [0.1, 0.15) is 5.82 Å². The number of carbonyl (C=O) groups excluding carboxylic acids is 2. The summed E-state index contributed by atoms with van der Waals surface area (Å²) >= 11 is 0. The lowest BCUT2D eigenvalue weighted by atomic mass is 10.2. The standard InChI is InChI=1S/C15H19FN2O5S/c1-5-8-17-14(19)10(2)23-15(20)12-9-11(6-7-13(12)16)24(21,22)18(3)4/h5-7,9-10H,1,8H2,2-4H3,(H,17,19)/t10-/m0/s1. The van der Waals surface area contributed by atoms with E-state index in [4.69, 9.17) is 4.74 Å². The van der Waals surface area contributed by atoms with Gasteiger partial charge in [0.25, 0.3) is 5.91 Å². The van der Waals surface area contributed by atoms with Crippen LogP contribution in [0.3, 0.4) is 0 Å². The molecule has 0 bridgehead atoms. The number of hydrogen-bond donors (Lipinski definition) is 1. The number of hydrogen-bond acceptors (Lipinski definition) is 5. The molecule has 0 aliphatic heterocycles. The smallest absolute Gasteiger partial charge is 0.341 e. The van der Waals surface area contributed by atoms with Crippen molar-refractivity contribution in [1.29, 1.82) is 0 Å². The number of carbonyl (C=O) groups is 2. The molecule has 0 radical (unpaired) electrons. The first-order chi connectivity index (χ1) is 11.1. The lowest BCUT2D eigenvalue weighted by molar-refractivity contribution is -0.128. The zero-order chi connectivity index (χ0) is 18.5. The Morgan fingerprint density at radius 3 is 2.58 bits per heavy atom. The highest BCUT2D eigenvalue weighted by molar-refractivity contribution is 7.89. The summed E-state index contributed by atoms with van der Waals surface area (Å²) in [7, 11) is -1.22. The van der Waals surface area contributed by atoms with E-state index in [9.17, 15) is 22.4 Å². The number of esters is 1. The summed E-state index contributed by atoms with van der Waals surface area (Å²) in [6.45, 7) is 4.93. The number of nitrogens with one attached hydrogen (secondary N) is 1. The van der Waals surface area contributed by atoms with Crippen molar-refractivity contribution in [2.45, 2.75) is 17.9 Å². The van der Waals surface area contributed by atoms with E-state index in [0.29, 0.717) is 0 Å². The molecule has 0 heterocycles. The number of benzene rings is 1. The molecule has 1 amide bonds. The Morgan fingerprint density at radius 2 is 2.04 bits per heavy atom. The van der Waals surface area contributed by atoms with Gasteiger partial charge in [0.15, 0.2) is 6.10 Å². The van der Waals surface area contributed by atoms with Crippen molar-refractivity contribution < 1.29 is 27.1 Å². The van der Waals surface area contributed by atoms with Crippen molar-refractivity contribution in [2.75, 3.05) is 20.6 Å². The van der Waals surface area contributed by atoms with Crippen LogP contribution in [0.1, 0.15) is 17.3 Å². The van der Waals surface area contributed by atoms with Crippen molar-refractivity contribution in [1.82, 2.24) is 9.62 Å².